The van der Waals surface area contributed by atoms with Gasteiger partial charge in [0, 0.05) is 21.1 Å². The van der Waals surface area contributed by atoms with E-state index in [4.69, 9.17) is 5.73 Å². The van der Waals surface area contributed by atoms with Crippen molar-refractivity contribution in [2.24, 2.45) is 0 Å². The summed E-state index contributed by atoms with van der Waals surface area (Å²) < 4.78 is 0. The molecule has 0 aliphatic rings. The van der Waals surface area contributed by atoms with Crippen molar-refractivity contribution in [3.8, 4) is 0 Å². The summed E-state index contributed by atoms with van der Waals surface area (Å²) in [6.45, 7) is 3.67. The van der Waals surface area contributed by atoms with Crippen LogP contribution in [0.4, 0.5) is 0 Å². The van der Waals surface area contributed by atoms with Gasteiger partial charge in [0.1, 0.15) is 0 Å². The van der Waals surface area contributed by atoms with Crippen molar-refractivity contribution < 1.29 is 21.1 Å². The first-order valence-corrected chi connectivity index (χ1v) is 1.44. The smallest absolute Gasteiger partial charge is 0 e. The van der Waals surface area contributed by atoms with Gasteiger partial charge in [-0.3, -0.25) is 0 Å². The third-order valence-corrected chi connectivity index (χ3v) is 0. The first kappa shape index (κ1) is 15.8. The first-order chi connectivity index (χ1) is 1.73. The molecule has 0 saturated carbocycles. The standard InChI is InChI=1S/C3H8N.ClH.W/c1-3(2)4;;/h3-4H,1-2H3;1H;/q-1;;. The summed E-state index contributed by atoms with van der Waals surface area (Å²) in [5, 5.41) is 0. The molecule has 0 rings (SSSR count). The van der Waals surface area contributed by atoms with Gasteiger partial charge in [-0.25, -0.2) is 0 Å². The number of nitrogens with one attached hydrogen (secondary N) is 1. The predicted molar refractivity (Wildman–Crippen MR) is 26.7 cm³/mol. The van der Waals surface area contributed by atoms with E-state index in [0.717, 1.165) is 0 Å². The van der Waals surface area contributed by atoms with Crippen LogP contribution in [0.3, 0.4) is 0 Å². The maximum absolute atomic E-state index is 6.58. The summed E-state index contributed by atoms with van der Waals surface area (Å²) in [5.74, 6) is 0. The molecule has 0 aliphatic carbocycles. The zero-order chi connectivity index (χ0) is 3.58. The van der Waals surface area contributed by atoms with Gasteiger partial charge >= 0.3 is 0 Å². The van der Waals surface area contributed by atoms with Gasteiger partial charge in [-0.15, -0.1) is 18.4 Å². The molecule has 0 unspecified atom stereocenters. The molecular weight excluding hydrogens is 269 g/mol. The van der Waals surface area contributed by atoms with Crippen LogP contribution in [0.15, 0.2) is 0 Å². The van der Waals surface area contributed by atoms with Crippen molar-refractivity contribution in [3.05, 3.63) is 5.73 Å². The molecule has 0 fully saturated rings. The zero-order valence-electron chi connectivity index (χ0n) is 3.89. The minimum atomic E-state index is 0. The molecule has 1 nitrogen and oxygen atoms in total. The third-order valence-electron chi connectivity index (χ3n) is 0. The van der Waals surface area contributed by atoms with Crippen LogP contribution in [-0.4, -0.2) is 6.04 Å². The van der Waals surface area contributed by atoms with E-state index < -0.39 is 0 Å². The van der Waals surface area contributed by atoms with E-state index >= 15 is 0 Å². The molecule has 0 aliphatic heterocycles. The average molecular weight is 278 g/mol. The second kappa shape index (κ2) is 9.34. The molecule has 0 aromatic rings. The second-order valence-corrected chi connectivity index (χ2v) is 1.15. The van der Waals surface area contributed by atoms with Gasteiger partial charge in [0.2, 0.25) is 0 Å². The van der Waals surface area contributed by atoms with Crippen LogP contribution in [0.25, 0.3) is 5.73 Å². The van der Waals surface area contributed by atoms with E-state index in [-0.39, 0.29) is 39.5 Å². The minimum absolute atomic E-state index is 0. The number of hydrogen-bond donors (Lipinski definition) is 0. The average Bonchev–Trinajstić information content (AvgIpc) is 0.811. The van der Waals surface area contributed by atoms with Gasteiger partial charge in [-0.05, 0) is 0 Å². The number of halogens is 1. The predicted octanol–water partition coefficient (Wildman–Crippen LogP) is 1.87. The molecule has 0 heterocycles. The molecule has 0 spiro atoms. The summed E-state index contributed by atoms with van der Waals surface area (Å²) in [7, 11) is 0. The van der Waals surface area contributed by atoms with E-state index in [9.17, 15) is 0 Å². The molecule has 0 bridgehead atoms. The Bertz CT molecular complexity index is 15.5. The van der Waals surface area contributed by atoms with Crippen LogP contribution in [0.1, 0.15) is 13.8 Å². The van der Waals surface area contributed by atoms with Crippen LogP contribution >= 0.6 is 12.4 Å². The van der Waals surface area contributed by atoms with Crippen LogP contribution in [-0.2, 0) is 21.1 Å². The quantitative estimate of drug-likeness (QED) is 0.646. The van der Waals surface area contributed by atoms with Crippen LogP contribution in [0.2, 0.25) is 0 Å². The normalized spacial score (nSPS) is 6.00. The fourth-order valence-electron chi connectivity index (χ4n) is 0. The van der Waals surface area contributed by atoms with Crippen molar-refractivity contribution in [2.75, 3.05) is 0 Å². The Kier molecular flexibility index (Phi) is 24.5. The molecule has 3 heteroatoms. The Morgan fingerprint density at radius 3 is 1.33 bits per heavy atom. The van der Waals surface area contributed by atoms with Gasteiger partial charge in [0.05, 0.1) is 0 Å². The molecule has 0 aromatic carbocycles. The Balaban J connectivity index is -0.0000000450. The van der Waals surface area contributed by atoms with E-state index in [1.807, 2.05) is 13.8 Å². The Morgan fingerprint density at radius 1 is 1.33 bits per heavy atom. The number of rotatable bonds is 0. The van der Waals surface area contributed by atoms with Crippen molar-refractivity contribution in [1.82, 2.24) is 0 Å². The largest absolute Gasteiger partial charge is 0.675 e. The van der Waals surface area contributed by atoms with E-state index in [0.29, 0.717) is 0 Å². The van der Waals surface area contributed by atoms with Crippen LogP contribution in [0, 0.1) is 0 Å². The van der Waals surface area contributed by atoms with Crippen molar-refractivity contribution in [3.63, 3.8) is 0 Å². The fraction of sp³-hybridized carbons (Fsp3) is 1.00. The maximum Gasteiger partial charge on any atom is 0 e. The zero-order valence-corrected chi connectivity index (χ0v) is 7.64. The summed E-state index contributed by atoms with van der Waals surface area (Å²) in [5.41, 5.74) is 6.58. The fourth-order valence-corrected chi connectivity index (χ4v) is 0. The van der Waals surface area contributed by atoms with E-state index in [1.54, 1.807) is 0 Å². The molecule has 0 saturated heterocycles. The van der Waals surface area contributed by atoms with Crippen molar-refractivity contribution in [1.29, 1.82) is 0 Å². The van der Waals surface area contributed by atoms with E-state index in [2.05, 4.69) is 0 Å². The van der Waals surface area contributed by atoms with Crippen LogP contribution < -0.4 is 0 Å². The topological polar surface area (TPSA) is 23.8 Å². The molecule has 40 valence electrons. The van der Waals surface area contributed by atoms with Crippen molar-refractivity contribution in [2.45, 2.75) is 19.9 Å². The number of hydrogen-bond acceptors (Lipinski definition) is 0. The molecule has 1 N–H and O–H groups in total. The molecular formula is C3H9ClNW-. The summed E-state index contributed by atoms with van der Waals surface area (Å²) >= 11 is 0. The molecule has 0 radical (unpaired) electrons. The first-order valence-electron chi connectivity index (χ1n) is 1.44. The molecule has 0 amide bonds. The Morgan fingerprint density at radius 2 is 1.33 bits per heavy atom. The molecule has 6 heavy (non-hydrogen) atoms. The molecule has 0 aromatic heterocycles. The van der Waals surface area contributed by atoms with Gasteiger partial charge < -0.3 is 5.73 Å². The molecule has 0 atom stereocenters. The van der Waals surface area contributed by atoms with E-state index in [1.165, 1.54) is 0 Å². The Labute approximate surface area is 59.4 Å². The van der Waals surface area contributed by atoms with Gasteiger partial charge in [0.15, 0.2) is 0 Å². The SMILES string of the molecule is CC(C)[NH-].Cl.[W]. The summed E-state index contributed by atoms with van der Waals surface area (Å²) in [6, 6.07) is 0.0833. The summed E-state index contributed by atoms with van der Waals surface area (Å²) in [4.78, 5) is 0. The Hall–Kier alpha value is 0.938. The second-order valence-electron chi connectivity index (χ2n) is 1.15. The van der Waals surface area contributed by atoms with Crippen LogP contribution in [0.5, 0.6) is 0 Å². The van der Waals surface area contributed by atoms with Gasteiger partial charge in [-0.2, -0.15) is 0 Å². The summed E-state index contributed by atoms with van der Waals surface area (Å²) in [6.07, 6.45) is 0. The minimum Gasteiger partial charge on any atom is -0.675 e. The third kappa shape index (κ3) is 87.0. The maximum atomic E-state index is 6.58. The van der Waals surface area contributed by atoms with Crippen molar-refractivity contribution >= 4 is 12.4 Å². The van der Waals surface area contributed by atoms with Gasteiger partial charge in [-0.1, -0.05) is 13.8 Å². The monoisotopic (exact) mass is 278 g/mol. The van der Waals surface area contributed by atoms with Gasteiger partial charge in [0.25, 0.3) is 0 Å².